The average molecular weight is 283 g/mol. The van der Waals surface area contributed by atoms with Crippen LogP contribution in [0.15, 0.2) is 30.6 Å². The zero-order chi connectivity index (χ0) is 15.0. The van der Waals surface area contributed by atoms with E-state index in [1.165, 1.54) is 16.7 Å². The number of benzene rings is 1. The minimum absolute atomic E-state index is 0.0869. The SMILES string of the molecule is Cc1ccc(C2CCCN2C(=O)c2cnn(C)c2)cc1C. The summed E-state index contributed by atoms with van der Waals surface area (Å²) in [6, 6.07) is 6.71. The van der Waals surface area contributed by atoms with E-state index in [1.54, 1.807) is 17.1 Å². The third kappa shape index (κ3) is 2.58. The Morgan fingerprint density at radius 2 is 2.10 bits per heavy atom. The molecule has 4 heteroatoms. The van der Waals surface area contributed by atoms with Crippen LogP contribution in [-0.2, 0) is 7.05 Å². The van der Waals surface area contributed by atoms with Gasteiger partial charge in [0.15, 0.2) is 0 Å². The van der Waals surface area contributed by atoms with Gasteiger partial charge in [0, 0.05) is 19.8 Å². The number of hydrogen-bond donors (Lipinski definition) is 0. The Hall–Kier alpha value is -2.10. The maximum Gasteiger partial charge on any atom is 0.257 e. The summed E-state index contributed by atoms with van der Waals surface area (Å²) in [6.45, 7) is 5.07. The molecule has 2 aromatic rings. The number of aryl methyl sites for hydroxylation is 3. The second-order valence-corrected chi connectivity index (χ2v) is 5.90. The molecule has 0 radical (unpaired) electrons. The molecular weight excluding hydrogens is 262 g/mol. The first-order valence-corrected chi connectivity index (χ1v) is 7.43. The predicted octanol–water partition coefficient (Wildman–Crippen LogP) is 3.01. The summed E-state index contributed by atoms with van der Waals surface area (Å²) in [4.78, 5) is 14.7. The van der Waals surface area contributed by atoms with E-state index in [0.29, 0.717) is 5.56 Å². The Morgan fingerprint density at radius 1 is 1.29 bits per heavy atom. The fourth-order valence-electron chi connectivity index (χ4n) is 3.03. The van der Waals surface area contributed by atoms with Crippen LogP contribution in [0.3, 0.4) is 0 Å². The molecule has 21 heavy (non-hydrogen) atoms. The highest BCUT2D eigenvalue weighted by Crippen LogP contribution is 2.33. The van der Waals surface area contributed by atoms with E-state index < -0.39 is 0 Å². The van der Waals surface area contributed by atoms with Gasteiger partial charge >= 0.3 is 0 Å². The van der Waals surface area contributed by atoms with E-state index in [4.69, 9.17) is 0 Å². The van der Waals surface area contributed by atoms with Gasteiger partial charge in [-0.15, -0.1) is 0 Å². The monoisotopic (exact) mass is 283 g/mol. The lowest BCUT2D eigenvalue weighted by molar-refractivity contribution is 0.0735. The number of amides is 1. The van der Waals surface area contributed by atoms with Crippen molar-refractivity contribution in [3.8, 4) is 0 Å². The van der Waals surface area contributed by atoms with Crippen LogP contribution in [-0.4, -0.2) is 27.1 Å². The van der Waals surface area contributed by atoms with Crippen molar-refractivity contribution in [3.63, 3.8) is 0 Å². The number of carbonyl (C=O) groups is 1. The normalized spacial score (nSPS) is 18.2. The number of nitrogens with zero attached hydrogens (tertiary/aromatic N) is 3. The molecule has 0 N–H and O–H groups in total. The van der Waals surface area contributed by atoms with Gasteiger partial charge < -0.3 is 4.90 Å². The van der Waals surface area contributed by atoms with Gasteiger partial charge in [0.2, 0.25) is 0 Å². The van der Waals surface area contributed by atoms with Crippen LogP contribution < -0.4 is 0 Å². The molecule has 1 aromatic carbocycles. The largest absolute Gasteiger partial charge is 0.332 e. The van der Waals surface area contributed by atoms with Crippen molar-refractivity contribution in [2.24, 2.45) is 7.05 Å². The number of aromatic nitrogens is 2. The van der Waals surface area contributed by atoms with Crippen LogP contribution in [0.2, 0.25) is 0 Å². The Bertz CT molecular complexity index is 674. The van der Waals surface area contributed by atoms with E-state index in [-0.39, 0.29) is 11.9 Å². The first-order valence-electron chi connectivity index (χ1n) is 7.43. The van der Waals surface area contributed by atoms with E-state index in [0.717, 1.165) is 19.4 Å². The van der Waals surface area contributed by atoms with Crippen LogP contribution in [0.25, 0.3) is 0 Å². The zero-order valence-electron chi connectivity index (χ0n) is 12.8. The smallest absolute Gasteiger partial charge is 0.257 e. The Balaban J connectivity index is 1.88. The topological polar surface area (TPSA) is 38.1 Å². The summed E-state index contributed by atoms with van der Waals surface area (Å²) in [5, 5.41) is 4.10. The zero-order valence-corrected chi connectivity index (χ0v) is 12.8. The lowest BCUT2D eigenvalue weighted by Gasteiger charge is -2.25. The molecule has 1 aliphatic rings. The van der Waals surface area contributed by atoms with E-state index in [9.17, 15) is 4.79 Å². The number of carbonyl (C=O) groups excluding carboxylic acids is 1. The molecule has 110 valence electrons. The summed E-state index contributed by atoms with van der Waals surface area (Å²) in [7, 11) is 1.83. The van der Waals surface area contributed by atoms with E-state index >= 15 is 0 Å². The summed E-state index contributed by atoms with van der Waals surface area (Å²) in [5.74, 6) is 0.0869. The predicted molar refractivity (Wildman–Crippen MR) is 82.1 cm³/mol. The van der Waals surface area contributed by atoms with Gasteiger partial charge in [-0.25, -0.2) is 0 Å². The molecule has 1 atom stereocenters. The van der Waals surface area contributed by atoms with Crippen LogP contribution in [0.5, 0.6) is 0 Å². The lowest BCUT2D eigenvalue weighted by atomic mass is 9.99. The Morgan fingerprint density at radius 3 is 2.76 bits per heavy atom. The summed E-state index contributed by atoms with van der Waals surface area (Å²) in [6.07, 6.45) is 5.54. The third-order valence-corrected chi connectivity index (χ3v) is 4.38. The molecular formula is C17H21N3O. The highest BCUT2D eigenvalue weighted by molar-refractivity contribution is 5.94. The fraction of sp³-hybridized carbons (Fsp3) is 0.412. The second kappa shape index (κ2) is 5.35. The van der Waals surface area contributed by atoms with Crippen LogP contribution in [0, 0.1) is 13.8 Å². The molecule has 0 spiro atoms. The van der Waals surface area contributed by atoms with Crippen LogP contribution in [0.4, 0.5) is 0 Å². The minimum atomic E-state index is 0.0869. The van der Waals surface area contributed by atoms with Crippen molar-refractivity contribution in [2.45, 2.75) is 32.7 Å². The minimum Gasteiger partial charge on any atom is -0.332 e. The van der Waals surface area contributed by atoms with Crippen molar-refractivity contribution in [3.05, 3.63) is 52.8 Å². The summed E-state index contributed by atoms with van der Waals surface area (Å²) < 4.78 is 1.67. The first kappa shape index (κ1) is 13.9. The summed E-state index contributed by atoms with van der Waals surface area (Å²) in [5.41, 5.74) is 4.50. The molecule has 1 unspecified atom stereocenters. The standard InChI is InChI=1S/C17H21N3O/c1-12-6-7-14(9-13(12)2)16-5-4-8-20(16)17(21)15-10-18-19(3)11-15/h6-7,9-11,16H,4-5,8H2,1-3H3. The fourth-order valence-corrected chi connectivity index (χ4v) is 3.03. The van der Waals surface area contributed by atoms with Gasteiger partial charge in [-0.05, 0) is 43.4 Å². The molecule has 0 aliphatic carbocycles. The van der Waals surface area contributed by atoms with Gasteiger partial charge in [0.05, 0.1) is 17.8 Å². The molecule has 1 aliphatic heterocycles. The number of rotatable bonds is 2. The van der Waals surface area contributed by atoms with Crippen molar-refractivity contribution in [1.29, 1.82) is 0 Å². The van der Waals surface area contributed by atoms with E-state index in [2.05, 4.69) is 37.1 Å². The molecule has 1 amide bonds. The molecule has 1 saturated heterocycles. The summed E-state index contributed by atoms with van der Waals surface area (Å²) >= 11 is 0. The highest BCUT2D eigenvalue weighted by atomic mass is 16.2. The maximum absolute atomic E-state index is 12.7. The maximum atomic E-state index is 12.7. The van der Waals surface area contributed by atoms with Gasteiger partial charge in [-0.3, -0.25) is 9.48 Å². The van der Waals surface area contributed by atoms with Gasteiger partial charge in [0.1, 0.15) is 0 Å². The quantitative estimate of drug-likeness (QED) is 0.849. The van der Waals surface area contributed by atoms with Crippen molar-refractivity contribution >= 4 is 5.91 Å². The van der Waals surface area contributed by atoms with Crippen molar-refractivity contribution in [2.75, 3.05) is 6.54 Å². The molecule has 1 aromatic heterocycles. The van der Waals surface area contributed by atoms with Crippen LogP contribution >= 0.6 is 0 Å². The van der Waals surface area contributed by atoms with E-state index in [1.807, 2.05) is 11.9 Å². The average Bonchev–Trinajstić information content (AvgIpc) is 3.10. The third-order valence-electron chi connectivity index (χ3n) is 4.38. The van der Waals surface area contributed by atoms with Crippen LogP contribution in [0.1, 0.15) is 45.9 Å². The van der Waals surface area contributed by atoms with Gasteiger partial charge in [0.25, 0.3) is 5.91 Å². The molecule has 1 fully saturated rings. The highest BCUT2D eigenvalue weighted by Gasteiger charge is 2.31. The lowest BCUT2D eigenvalue weighted by Crippen LogP contribution is -2.30. The molecule has 4 nitrogen and oxygen atoms in total. The Kier molecular flexibility index (Phi) is 3.53. The number of hydrogen-bond acceptors (Lipinski definition) is 2. The van der Waals surface area contributed by atoms with Gasteiger partial charge in [-0.1, -0.05) is 18.2 Å². The second-order valence-electron chi connectivity index (χ2n) is 5.90. The van der Waals surface area contributed by atoms with Gasteiger partial charge in [-0.2, -0.15) is 5.10 Å². The first-order chi connectivity index (χ1) is 10.1. The molecule has 3 rings (SSSR count). The molecule has 2 heterocycles. The van der Waals surface area contributed by atoms with Crippen molar-refractivity contribution in [1.82, 2.24) is 14.7 Å². The van der Waals surface area contributed by atoms with Crippen molar-refractivity contribution < 1.29 is 4.79 Å². The molecule has 0 bridgehead atoms. The Labute approximate surface area is 125 Å². The number of likely N-dealkylation sites (tertiary alicyclic amines) is 1. The molecule has 0 saturated carbocycles.